The lowest BCUT2D eigenvalue weighted by atomic mass is 10.1. The highest BCUT2D eigenvalue weighted by Gasteiger charge is 2.36. The van der Waals surface area contributed by atoms with Gasteiger partial charge in [0, 0.05) is 25.7 Å². The molecule has 0 spiro atoms. The van der Waals surface area contributed by atoms with Crippen molar-refractivity contribution in [2.75, 3.05) is 33.9 Å². The molecule has 2 rings (SSSR count). The molecule has 1 unspecified atom stereocenters. The second-order valence-corrected chi connectivity index (χ2v) is 4.32. The van der Waals surface area contributed by atoms with Crippen molar-refractivity contribution in [1.29, 1.82) is 0 Å². The Morgan fingerprint density at radius 2 is 2.17 bits per heavy atom. The van der Waals surface area contributed by atoms with Crippen LogP contribution in [-0.4, -0.2) is 54.8 Å². The number of aliphatic hydroxyl groups is 1. The Kier molecular flexibility index (Phi) is 3.72. The van der Waals surface area contributed by atoms with Crippen LogP contribution in [0.15, 0.2) is 24.3 Å². The minimum Gasteiger partial charge on any atom is -0.496 e. The van der Waals surface area contributed by atoms with Crippen LogP contribution in [0.25, 0.3) is 0 Å². The standard InChI is InChI=1S/C13H18N2O3/c1-14-11(9-15(7-8-16)13(14)17)10-5-3-4-6-12(10)18-2/h3-6,11,16H,7-9H2,1-2H3. The van der Waals surface area contributed by atoms with Crippen molar-refractivity contribution in [1.82, 2.24) is 9.80 Å². The predicted molar refractivity (Wildman–Crippen MR) is 67.6 cm³/mol. The van der Waals surface area contributed by atoms with Crippen LogP contribution >= 0.6 is 0 Å². The van der Waals surface area contributed by atoms with Gasteiger partial charge in [-0.2, -0.15) is 0 Å². The van der Waals surface area contributed by atoms with Crippen LogP contribution < -0.4 is 4.74 Å². The van der Waals surface area contributed by atoms with Gasteiger partial charge in [-0.1, -0.05) is 18.2 Å². The summed E-state index contributed by atoms with van der Waals surface area (Å²) in [7, 11) is 3.40. The second kappa shape index (κ2) is 5.27. The van der Waals surface area contributed by atoms with Crippen molar-refractivity contribution in [3.05, 3.63) is 29.8 Å². The molecule has 1 aliphatic heterocycles. The number of aliphatic hydroxyl groups excluding tert-OH is 1. The molecule has 1 saturated heterocycles. The molecule has 5 nitrogen and oxygen atoms in total. The zero-order valence-corrected chi connectivity index (χ0v) is 10.7. The number of carbonyl (C=O) groups is 1. The Balaban J connectivity index is 2.26. The zero-order chi connectivity index (χ0) is 13.1. The summed E-state index contributed by atoms with van der Waals surface area (Å²) in [5.41, 5.74) is 0.997. The number of hydrogen-bond donors (Lipinski definition) is 1. The van der Waals surface area contributed by atoms with Crippen molar-refractivity contribution in [2.24, 2.45) is 0 Å². The number of rotatable bonds is 4. The molecule has 0 aromatic heterocycles. The van der Waals surface area contributed by atoms with E-state index >= 15 is 0 Å². The Bertz CT molecular complexity index is 436. The molecule has 0 aliphatic carbocycles. The highest BCUT2D eigenvalue weighted by Crippen LogP contribution is 2.33. The molecule has 1 aromatic rings. The van der Waals surface area contributed by atoms with Crippen LogP contribution in [0, 0.1) is 0 Å². The summed E-state index contributed by atoms with van der Waals surface area (Å²) in [6.45, 7) is 0.934. The highest BCUT2D eigenvalue weighted by atomic mass is 16.5. The fourth-order valence-electron chi connectivity index (χ4n) is 2.32. The van der Waals surface area contributed by atoms with Gasteiger partial charge in [0.15, 0.2) is 0 Å². The molecule has 2 amide bonds. The first kappa shape index (κ1) is 12.7. The van der Waals surface area contributed by atoms with E-state index in [9.17, 15) is 4.79 Å². The minimum absolute atomic E-state index is 0.0157. The molecular formula is C13H18N2O3. The summed E-state index contributed by atoms with van der Waals surface area (Å²) in [6, 6.07) is 7.62. The molecule has 1 heterocycles. The molecule has 18 heavy (non-hydrogen) atoms. The lowest BCUT2D eigenvalue weighted by molar-refractivity contribution is 0.182. The number of hydrogen-bond acceptors (Lipinski definition) is 3. The molecule has 1 aliphatic rings. The van der Waals surface area contributed by atoms with E-state index in [1.54, 1.807) is 24.0 Å². The number of β-amino-alcohol motifs (C(OH)–C–C–N with tert-alkyl or cyclic N) is 1. The quantitative estimate of drug-likeness (QED) is 0.870. The summed E-state index contributed by atoms with van der Waals surface area (Å²) in [4.78, 5) is 15.3. The number of methoxy groups -OCH3 is 1. The van der Waals surface area contributed by atoms with Crippen LogP contribution in [0.3, 0.4) is 0 Å². The lowest BCUT2D eigenvalue weighted by Crippen LogP contribution is -2.31. The van der Waals surface area contributed by atoms with E-state index < -0.39 is 0 Å². The molecule has 1 fully saturated rings. The Labute approximate surface area is 107 Å². The third-order valence-electron chi connectivity index (χ3n) is 3.30. The Morgan fingerprint density at radius 3 is 2.83 bits per heavy atom. The largest absolute Gasteiger partial charge is 0.496 e. The maximum absolute atomic E-state index is 12.0. The molecule has 0 saturated carbocycles. The van der Waals surface area contributed by atoms with Crippen LogP contribution in [0.4, 0.5) is 4.79 Å². The van der Waals surface area contributed by atoms with Gasteiger partial charge in [0.25, 0.3) is 0 Å². The van der Waals surface area contributed by atoms with Gasteiger partial charge < -0.3 is 19.6 Å². The predicted octanol–water partition coefficient (Wildman–Crippen LogP) is 1.10. The molecule has 0 bridgehead atoms. The fraction of sp³-hybridized carbons (Fsp3) is 0.462. The van der Waals surface area contributed by atoms with Crippen molar-refractivity contribution in [3.63, 3.8) is 0 Å². The van der Waals surface area contributed by atoms with E-state index in [0.29, 0.717) is 13.1 Å². The number of likely N-dealkylation sites (N-methyl/N-ethyl adjacent to an activating group) is 1. The van der Waals surface area contributed by atoms with E-state index in [1.165, 1.54) is 0 Å². The van der Waals surface area contributed by atoms with Crippen LogP contribution in [-0.2, 0) is 0 Å². The van der Waals surface area contributed by atoms with Crippen LogP contribution in [0.2, 0.25) is 0 Å². The average Bonchev–Trinajstić information content (AvgIpc) is 2.67. The Hall–Kier alpha value is -1.75. The monoisotopic (exact) mass is 250 g/mol. The maximum atomic E-state index is 12.0. The van der Waals surface area contributed by atoms with Gasteiger partial charge in [-0.3, -0.25) is 0 Å². The van der Waals surface area contributed by atoms with Gasteiger partial charge in [0.2, 0.25) is 0 Å². The number of benzene rings is 1. The number of ether oxygens (including phenoxy) is 1. The first-order chi connectivity index (χ1) is 8.69. The number of urea groups is 1. The van der Waals surface area contributed by atoms with Crippen molar-refractivity contribution < 1.29 is 14.6 Å². The number of carbonyl (C=O) groups excluding carboxylic acids is 1. The highest BCUT2D eigenvalue weighted by molar-refractivity contribution is 5.77. The van der Waals surface area contributed by atoms with Gasteiger partial charge in [0.05, 0.1) is 19.8 Å². The zero-order valence-electron chi connectivity index (χ0n) is 10.7. The summed E-state index contributed by atoms with van der Waals surface area (Å²) in [5.74, 6) is 0.785. The third-order valence-corrected chi connectivity index (χ3v) is 3.30. The topological polar surface area (TPSA) is 53.0 Å². The van der Waals surface area contributed by atoms with Crippen molar-refractivity contribution >= 4 is 6.03 Å². The average molecular weight is 250 g/mol. The molecule has 5 heteroatoms. The minimum atomic E-state index is -0.0556. The van der Waals surface area contributed by atoms with Crippen molar-refractivity contribution in [2.45, 2.75) is 6.04 Å². The van der Waals surface area contributed by atoms with Crippen LogP contribution in [0.1, 0.15) is 11.6 Å². The molecule has 0 radical (unpaired) electrons. The number of nitrogens with zero attached hydrogens (tertiary/aromatic N) is 2. The van der Waals surface area contributed by atoms with E-state index in [0.717, 1.165) is 11.3 Å². The molecule has 1 atom stereocenters. The van der Waals surface area contributed by atoms with Gasteiger partial charge >= 0.3 is 6.03 Å². The van der Waals surface area contributed by atoms with Crippen LogP contribution in [0.5, 0.6) is 5.75 Å². The third kappa shape index (κ3) is 2.13. The Morgan fingerprint density at radius 1 is 1.44 bits per heavy atom. The summed E-state index contributed by atoms with van der Waals surface area (Å²) in [5, 5.41) is 8.95. The molecule has 1 N–H and O–H groups in total. The SMILES string of the molecule is COc1ccccc1C1CN(CCO)C(=O)N1C. The summed E-state index contributed by atoms with van der Waals surface area (Å²) in [6.07, 6.45) is 0. The van der Waals surface area contributed by atoms with Gasteiger partial charge in [0.1, 0.15) is 5.75 Å². The molecule has 98 valence electrons. The van der Waals surface area contributed by atoms with Gasteiger partial charge in [-0.25, -0.2) is 4.79 Å². The first-order valence-corrected chi connectivity index (χ1v) is 5.94. The maximum Gasteiger partial charge on any atom is 0.320 e. The van der Waals surface area contributed by atoms with Crippen molar-refractivity contribution in [3.8, 4) is 5.75 Å². The van der Waals surface area contributed by atoms with E-state index in [4.69, 9.17) is 9.84 Å². The molecule has 1 aromatic carbocycles. The summed E-state index contributed by atoms with van der Waals surface area (Å²) >= 11 is 0. The number of para-hydroxylation sites is 1. The summed E-state index contributed by atoms with van der Waals surface area (Å²) < 4.78 is 5.33. The van der Waals surface area contributed by atoms with E-state index in [2.05, 4.69) is 0 Å². The second-order valence-electron chi connectivity index (χ2n) is 4.32. The van der Waals surface area contributed by atoms with Gasteiger partial charge in [-0.05, 0) is 6.07 Å². The number of amides is 2. The normalized spacial score (nSPS) is 19.5. The lowest BCUT2D eigenvalue weighted by Gasteiger charge is -2.20. The first-order valence-electron chi connectivity index (χ1n) is 5.94. The fourth-order valence-corrected chi connectivity index (χ4v) is 2.32. The van der Waals surface area contributed by atoms with E-state index in [-0.39, 0.29) is 18.7 Å². The van der Waals surface area contributed by atoms with Gasteiger partial charge in [-0.15, -0.1) is 0 Å². The molecular weight excluding hydrogens is 232 g/mol. The van der Waals surface area contributed by atoms with E-state index in [1.807, 2.05) is 24.3 Å². The smallest absolute Gasteiger partial charge is 0.320 e.